The third-order valence-corrected chi connectivity index (χ3v) is 4.05. The van der Waals surface area contributed by atoms with Crippen molar-refractivity contribution in [1.29, 1.82) is 0 Å². The second-order valence-corrected chi connectivity index (χ2v) is 5.20. The first-order valence-corrected chi connectivity index (χ1v) is 6.81. The maximum absolute atomic E-state index is 9.58. The maximum atomic E-state index is 9.58. The van der Waals surface area contributed by atoms with Crippen LogP contribution in [-0.2, 0) is 0 Å². The summed E-state index contributed by atoms with van der Waals surface area (Å²) in [6.07, 6.45) is 3.44. The minimum absolute atomic E-state index is 0.0717. The lowest BCUT2D eigenvalue weighted by Gasteiger charge is -2.31. The van der Waals surface area contributed by atoms with Gasteiger partial charge in [-0.05, 0) is 49.8 Å². The number of rotatable bonds is 4. The summed E-state index contributed by atoms with van der Waals surface area (Å²) in [4.78, 5) is 0. The van der Waals surface area contributed by atoms with Crippen LogP contribution in [0.15, 0.2) is 18.2 Å². The fourth-order valence-electron chi connectivity index (χ4n) is 2.81. The molecular weight excluding hydrogens is 242 g/mol. The van der Waals surface area contributed by atoms with E-state index in [2.05, 4.69) is 0 Å². The van der Waals surface area contributed by atoms with E-state index in [9.17, 15) is 5.11 Å². The van der Waals surface area contributed by atoms with E-state index in [1.165, 1.54) is 0 Å². The molecule has 1 aromatic carbocycles. The van der Waals surface area contributed by atoms with Crippen LogP contribution in [0.1, 0.15) is 37.3 Å². The quantitative estimate of drug-likeness (QED) is 0.876. The topological polar surface area (TPSA) is 64.7 Å². The highest BCUT2D eigenvalue weighted by Crippen LogP contribution is 2.37. The number of hydrogen-bond acceptors (Lipinski definition) is 4. The van der Waals surface area contributed by atoms with Crippen molar-refractivity contribution in [2.75, 3.05) is 14.2 Å². The molecule has 0 bridgehead atoms. The van der Waals surface area contributed by atoms with Crippen LogP contribution in [0.5, 0.6) is 11.5 Å². The number of ether oxygens (including phenoxy) is 2. The summed E-state index contributed by atoms with van der Waals surface area (Å²) < 4.78 is 10.7. The van der Waals surface area contributed by atoms with E-state index in [0.717, 1.165) is 42.7 Å². The Balaban J connectivity index is 2.19. The number of hydrogen-bond donors (Lipinski definition) is 2. The first kappa shape index (κ1) is 14.2. The van der Waals surface area contributed by atoms with Crippen LogP contribution < -0.4 is 15.2 Å². The van der Waals surface area contributed by atoms with Crippen molar-refractivity contribution in [3.05, 3.63) is 23.8 Å². The third kappa shape index (κ3) is 3.19. The molecule has 0 amide bonds. The van der Waals surface area contributed by atoms with Gasteiger partial charge in [0.1, 0.15) is 11.5 Å². The van der Waals surface area contributed by atoms with E-state index in [-0.39, 0.29) is 12.1 Å². The van der Waals surface area contributed by atoms with Crippen molar-refractivity contribution < 1.29 is 14.6 Å². The first-order chi connectivity index (χ1) is 9.15. The van der Waals surface area contributed by atoms with Gasteiger partial charge in [-0.25, -0.2) is 0 Å². The minimum Gasteiger partial charge on any atom is -0.497 e. The fourth-order valence-corrected chi connectivity index (χ4v) is 2.81. The molecule has 3 N–H and O–H groups in total. The SMILES string of the molecule is COc1ccc(OC)c(C(N)C2CCC(O)CC2)c1. The van der Waals surface area contributed by atoms with Crippen LogP contribution in [-0.4, -0.2) is 25.4 Å². The van der Waals surface area contributed by atoms with E-state index in [0.29, 0.717) is 5.92 Å². The number of benzene rings is 1. The van der Waals surface area contributed by atoms with Gasteiger partial charge in [0, 0.05) is 11.6 Å². The van der Waals surface area contributed by atoms with Crippen molar-refractivity contribution >= 4 is 0 Å². The van der Waals surface area contributed by atoms with E-state index in [1.54, 1.807) is 14.2 Å². The number of nitrogens with two attached hydrogens (primary N) is 1. The van der Waals surface area contributed by atoms with E-state index >= 15 is 0 Å². The Morgan fingerprint density at radius 1 is 1.16 bits per heavy atom. The van der Waals surface area contributed by atoms with E-state index in [1.807, 2.05) is 18.2 Å². The molecule has 19 heavy (non-hydrogen) atoms. The summed E-state index contributed by atoms with van der Waals surface area (Å²) in [5, 5.41) is 9.58. The minimum atomic E-state index is -0.157. The summed E-state index contributed by atoms with van der Waals surface area (Å²) >= 11 is 0. The van der Waals surface area contributed by atoms with Gasteiger partial charge in [0.25, 0.3) is 0 Å². The molecule has 0 heterocycles. The number of aliphatic hydroxyl groups excluding tert-OH is 1. The average Bonchev–Trinajstić information content (AvgIpc) is 2.46. The van der Waals surface area contributed by atoms with Gasteiger partial charge in [0.2, 0.25) is 0 Å². The standard InChI is InChI=1S/C15H23NO3/c1-18-12-7-8-14(19-2)13(9-12)15(16)10-3-5-11(17)6-4-10/h7-11,15,17H,3-6,16H2,1-2H3. The lowest BCUT2D eigenvalue weighted by atomic mass is 9.80. The Labute approximate surface area is 114 Å². The van der Waals surface area contributed by atoms with Gasteiger partial charge in [-0.3, -0.25) is 0 Å². The third-order valence-electron chi connectivity index (χ3n) is 4.05. The maximum Gasteiger partial charge on any atom is 0.123 e. The van der Waals surface area contributed by atoms with E-state index < -0.39 is 0 Å². The molecule has 1 unspecified atom stereocenters. The van der Waals surface area contributed by atoms with Crippen molar-refractivity contribution in [1.82, 2.24) is 0 Å². The monoisotopic (exact) mass is 265 g/mol. The normalized spacial score (nSPS) is 24.8. The second kappa shape index (κ2) is 6.26. The zero-order chi connectivity index (χ0) is 13.8. The summed E-state index contributed by atoms with van der Waals surface area (Å²) in [5.41, 5.74) is 7.39. The molecule has 4 nitrogen and oxygen atoms in total. The Hall–Kier alpha value is -1.26. The molecule has 1 fully saturated rings. The lowest BCUT2D eigenvalue weighted by molar-refractivity contribution is 0.101. The van der Waals surface area contributed by atoms with Crippen LogP contribution in [0.2, 0.25) is 0 Å². The summed E-state index contributed by atoms with van der Waals surface area (Å²) in [6, 6.07) is 5.65. The number of aliphatic hydroxyl groups is 1. The van der Waals surface area contributed by atoms with Gasteiger partial charge in [-0.15, -0.1) is 0 Å². The first-order valence-electron chi connectivity index (χ1n) is 6.81. The van der Waals surface area contributed by atoms with Crippen molar-refractivity contribution in [2.45, 2.75) is 37.8 Å². The molecule has 0 spiro atoms. The van der Waals surface area contributed by atoms with Crippen molar-refractivity contribution in [2.24, 2.45) is 11.7 Å². The van der Waals surface area contributed by atoms with Crippen LogP contribution in [0, 0.1) is 5.92 Å². The van der Waals surface area contributed by atoms with Gasteiger partial charge in [-0.2, -0.15) is 0 Å². The van der Waals surface area contributed by atoms with Crippen LogP contribution in [0.4, 0.5) is 0 Å². The van der Waals surface area contributed by atoms with Gasteiger partial charge < -0.3 is 20.3 Å². The predicted molar refractivity (Wildman–Crippen MR) is 74.4 cm³/mol. The summed E-state index contributed by atoms with van der Waals surface area (Å²) in [6.45, 7) is 0. The van der Waals surface area contributed by atoms with Gasteiger partial charge >= 0.3 is 0 Å². The largest absolute Gasteiger partial charge is 0.497 e. The highest BCUT2D eigenvalue weighted by atomic mass is 16.5. The van der Waals surface area contributed by atoms with Crippen LogP contribution in [0.3, 0.4) is 0 Å². The second-order valence-electron chi connectivity index (χ2n) is 5.20. The molecule has 1 aliphatic carbocycles. The summed E-state index contributed by atoms with van der Waals surface area (Å²) in [7, 11) is 3.30. The Morgan fingerprint density at radius 3 is 2.42 bits per heavy atom. The smallest absolute Gasteiger partial charge is 0.123 e. The van der Waals surface area contributed by atoms with Gasteiger partial charge in [0.05, 0.1) is 20.3 Å². The highest BCUT2D eigenvalue weighted by Gasteiger charge is 2.27. The molecule has 0 radical (unpaired) electrons. The molecule has 0 aliphatic heterocycles. The van der Waals surface area contributed by atoms with Crippen molar-refractivity contribution in [3.63, 3.8) is 0 Å². The molecule has 106 valence electrons. The molecule has 4 heteroatoms. The Kier molecular flexibility index (Phi) is 4.66. The predicted octanol–water partition coefficient (Wildman–Crippen LogP) is 2.25. The molecule has 2 rings (SSSR count). The van der Waals surface area contributed by atoms with E-state index in [4.69, 9.17) is 15.2 Å². The molecule has 0 aromatic heterocycles. The molecule has 1 saturated carbocycles. The van der Waals surface area contributed by atoms with Crippen molar-refractivity contribution in [3.8, 4) is 11.5 Å². The summed E-state index contributed by atoms with van der Waals surface area (Å²) in [5.74, 6) is 1.99. The molecular formula is C15H23NO3. The molecule has 0 saturated heterocycles. The van der Waals surface area contributed by atoms with Crippen LogP contribution >= 0.6 is 0 Å². The molecule has 1 aromatic rings. The zero-order valence-electron chi connectivity index (χ0n) is 11.6. The highest BCUT2D eigenvalue weighted by molar-refractivity contribution is 5.42. The Morgan fingerprint density at radius 2 is 1.84 bits per heavy atom. The van der Waals surface area contributed by atoms with Gasteiger partial charge in [0.15, 0.2) is 0 Å². The fraction of sp³-hybridized carbons (Fsp3) is 0.600. The van der Waals surface area contributed by atoms with Crippen LogP contribution in [0.25, 0.3) is 0 Å². The average molecular weight is 265 g/mol. The lowest BCUT2D eigenvalue weighted by Crippen LogP contribution is -2.28. The number of methoxy groups -OCH3 is 2. The van der Waals surface area contributed by atoms with Gasteiger partial charge in [-0.1, -0.05) is 0 Å². The zero-order valence-corrected chi connectivity index (χ0v) is 11.6. The Bertz CT molecular complexity index is 414. The molecule has 1 aliphatic rings. The molecule has 1 atom stereocenters.